The standard InChI is InChI=1S/C19H28O5/c1-11(2)15-7-6-12(3)8-17(15)24-18(20)10-22-19(21)16-9-13(4)23-14(16)5/h9,11-12,15,17H,6-8,10H2,1-5H3/t12-,15-,17-/m0/s1. The van der Waals surface area contributed by atoms with Crippen LogP contribution >= 0.6 is 0 Å². The Labute approximate surface area is 143 Å². The van der Waals surface area contributed by atoms with E-state index in [0.717, 1.165) is 12.8 Å². The summed E-state index contributed by atoms with van der Waals surface area (Å²) in [7, 11) is 0. The van der Waals surface area contributed by atoms with Crippen molar-refractivity contribution in [2.45, 2.75) is 60.0 Å². The van der Waals surface area contributed by atoms with Crippen molar-refractivity contribution in [3.8, 4) is 0 Å². The third-order valence-corrected chi connectivity index (χ3v) is 4.83. The fraction of sp³-hybridized carbons (Fsp3) is 0.684. The maximum Gasteiger partial charge on any atom is 0.344 e. The van der Waals surface area contributed by atoms with Crippen molar-refractivity contribution in [3.63, 3.8) is 0 Å². The molecule has 5 heteroatoms. The van der Waals surface area contributed by atoms with E-state index in [9.17, 15) is 9.59 Å². The summed E-state index contributed by atoms with van der Waals surface area (Å²) >= 11 is 0. The lowest BCUT2D eigenvalue weighted by Gasteiger charge is -2.36. The fourth-order valence-electron chi connectivity index (χ4n) is 3.49. The highest BCUT2D eigenvalue weighted by molar-refractivity contribution is 5.91. The number of rotatable bonds is 5. The lowest BCUT2D eigenvalue weighted by Crippen LogP contribution is -2.36. The summed E-state index contributed by atoms with van der Waals surface area (Å²) in [6.07, 6.45) is 3.04. The highest BCUT2D eigenvalue weighted by atomic mass is 16.6. The Balaban J connectivity index is 1.88. The van der Waals surface area contributed by atoms with Gasteiger partial charge in [0.25, 0.3) is 0 Å². The van der Waals surface area contributed by atoms with E-state index in [2.05, 4.69) is 20.8 Å². The van der Waals surface area contributed by atoms with Gasteiger partial charge in [-0.3, -0.25) is 0 Å². The molecule has 0 aliphatic heterocycles. The molecule has 5 nitrogen and oxygen atoms in total. The van der Waals surface area contributed by atoms with Crippen LogP contribution in [0.15, 0.2) is 10.5 Å². The van der Waals surface area contributed by atoms with Gasteiger partial charge >= 0.3 is 11.9 Å². The highest BCUT2D eigenvalue weighted by Gasteiger charge is 2.33. The lowest BCUT2D eigenvalue weighted by molar-refractivity contribution is -0.159. The van der Waals surface area contributed by atoms with E-state index in [0.29, 0.717) is 34.8 Å². The molecular weight excluding hydrogens is 308 g/mol. The van der Waals surface area contributed by atoms with Gasteiger partial charge in [0.1, 0.15) is 23.2 Å². The fourth-order valence-corrected chi connectivity index (χ4v) is 3.49. The predicted molar refractivity (Wildman–Crippen MR) is 89.7 cm³/mol. The van der Waals surface area contributed by atoms with Crippen molar-refractivity contribution in [1.29, 1.82) is 0 Å². The van der Waals surface area contributed by atoms with Gasteiger partial charge in [-0.05, 0) is 50.5 Å². The second-order valence-electron chi connectivity index (χ2n) is 7.26. The first-order valence-corrected chi connectivity index (χ1v) is 8.71. The summed E-state index contributed by atoms with van der Waals surface area (Å²) in [4.78, 5) is 24.1. The third-order valence-electron chi connectivity index (χ3n) is 4.83. The molecule has 1 saturated carbocycles. The molecule has 1 aliphatic rings. The molecular formula is C19H28O5. The molecule has 0 unspecified atom stereocenters. The quantitative estimate of drug-likeness (QED) is 0.759. The molecule has 1 fully saturated rings. The van der Waals surface area contributed by atoms with Crippen molar-refractivity contribution >= 4 is 11.9 Å². The molecule has 3 atom stereocenters. The summed E-state index contributed by atoms with van der Waals surface area (Å²) in [6, 6.07) is 1.61. The van der Waals surface area contributed by atoms with Crippen LogP contribution in [0.1, 0.15) is 61.9 Å². The Hall–Kier alpha value is -1.78. The van der Waals surface area contributed by atoms with E-state index in [1.165, 1.54) is 6.42 Å². The number of esters is 2. The van der Waals surface area contributed by atoms with Crippen molar-refractivity contribution in [3.05, 3.63) is 23.2 Å². The minimum atomic E-state index is -0.557. The molecule has 0 aromatic carbocycles. The minimum Gasteiger partial charge on any atom is -0.466 e. The van der Waals surface area contributed by atoms with E-state index < -0.39 is 11.9 Å². The van der Waals surface area contributed by atoms with E-state index in [-0.39, 0.29) is 12.7 Å². The Morgan fingerprint density at radius 3 is 2.58 bits per heavy atom. The molecule has 134 valence electrons. The van der Waals surface area contributed by atoms with Crippen molar-refractivity contribution < 1.29 is 23.5 Å². The summed E-state index contributed by atoms with van der Waals surface area (Å²) in [5.41, 5.74) is 0.353. The number of furan rings is 1. The van der Waals surface area contributed by atoms with Gasteiger partial charge in [-0.25, -0.2) is 9.59 Å². The third kappa shape index (κ3) is 4.62. The van der Waals surface area contributed by atoms with E-state index in [4.69, 9.17) is 13.9 Å². The molecule has 2 rings (SSSR count). The van der Waals surface area contributed by atoms with Crippen molar-refractivity contribution in [2.24, 2.45) is 17.8 Å². The zero-order valence-corrected chi connectivity index (χ0v) is 15.3. The highest BCUT2D eigenvalue weighted by Crippen LogP contribution is 2.35. The number of aryl methyl sites for hydroxylation is 2. The van der Waals surface area contributed by atoms with Gasteiger partial charge < -0.3 is 13.9 Å². The van der Waals surface area contributed by atoms with Crippen LogP contribution < -0.4 is 0 Å². The van der Waals surface area contributed by atoms with Crippen LogP contribution in [0, 0.1) is 31.6 Å². The second-order valence-corrected chi connectivity index (χ2v) is 7.26. The molecule has 1 aromatic heterocycles. The molecule has 0 saturated heterocycles. The first-order chi connectivity index (χ1) is 11.3. The topological polar surface area (TPSA) is 65.7 Å². The van der Waals surface area contributed by atoms with E-state index in [1.807, 2.05) is 0 Å². The minimum absolute atomic E-state index is 0.0853. The van der Waals surface area contributed by atoms with Gasteiger partial charge in [0.05, 0.1) is 0 Å². The number of carbonyl (C=O) groups is 2. The van der Waals surface area contributed by atoms with Crippen LogP contribution in [0.2, 0.25) is 0 Å². The van der Waals surface area contributed by atoms with Crippen LogP contribution in [-0.2, 0) is 14.3 Å². The predicted octanol–water partition coefficient (Wildman–Crippen LogP) is 4.06. The van der Waals surface area contributed by atoms with Crippen molar-refractivity contribution in [1.82, 2.24) is 0 Å². The summed E-state index contributed by atoms with van der Waals surface area (Å²) in [5.74, 6) is 1.49. The average molecular weight is 336 g/mol. The molecule has 1 aliphatic carbocycles. The zero-order chi connectivity index (χ0) is 17.9. The van der Waals surface area contributed by atoms with Gasteiger partial charge in [-0.1, -0.05) is 27.2 Å². The Bertz CT molecular complexity index is 587. The largest absolute Gasteiger partial charge is 0.466 e. The summed E-state index contributed by atoms with van der Waals surface area (Å²) in [6.45, 7) is 9.59. The normalized spacial score (nSPS) is 24.0. The Morgan fingerprint density at radius 2 is 2.00 bits per heavy atom. The number of ether oxygens (including phenoxy) is 2. The van der Waals surface area contributed by atoms with Crippen LogP contribution in [-0.4, -0.2) is 24.6 Å². The average Bonchev–Trinajstić information content (AvgIpc) is 2.83. The number of hydrogen-bond acceptors (Lipinski definition) is 5. The molecule has 0 radical (unpaired) electrons. The number of hydrogen-bond donors (Lipinski definition) is 0. The first kappa shape index (κ1) is 18.6. The SMILES string of the molecule is Cc1cc(C(=O)OCC(=O)O[C@H]2C[C@@H](C)CC[C@H]2C(C)C)c(C)o1. The monoisotopic (exact) mass is 336 g/mol. The molecule has 0 spiro atoms. The molecule has 0 N–H and O–H groups in total. The van der Waals surface area contributed by atoms with Crippen LogP contribution in [0.4, 0.5) is 0 Å². The first-order valence-electron chi connectivity index (χ1n) is 8.71. The van der Waals surface area contributed by atoms with Gasteiger partial charge in [-0.15, -0.1) is 0 Å². The maximum atomic E-state index is 12.1. The van der Waals surface area contributed by atoms with E-state index in [1.54, 1.807) is 19.9 Å². The van der Waals surface area contributed by atoms with Gasteiger partial charge in [0.15, 0.2) is 6.61 Å². The van der Waals surface area contributed by atoms with Crippen LogP contribution in [0.5, 0.6) is 0 Å². The van der Waals surface area contributed by atoms with Gasteiger partial charge in [0.2, 0.25) is 0 Å². The molecule has 0 bridgehead atoms. The summed E-state index contributed by atoms with van der Waals surface area (Å²) < 4.78 is 16.0. The van der Waals surface area contributed by atoms with Crippen molar-refractivity contribution in [2.75, 3.05) is 6.61 Å². The Morgan fingerprint density at radius 1 is 1.29 bits per heavy atom. The summed E-state index contributed by atoms with van der Waals surface area (Å²) in [5, 5.41) is 0. The lowest BCUT2D eigenvalue weighted by atomic mass is 9.75. The number of carbonyl (C=O) groups excluding carboxylic acids is 2. The molecule has 24 heavy (non-hydrogen) atoms. The Kier molecular flexibility index (Phi) is 6.08. The maximum absolute atomic E-state index is 12.1. The molecule has 1 aromatic rings. The van der Waals surface area contributed by atoms with Gasteiger partial charge in [-0.2, -0.15) is 0 Å². The molecule has 1 heterocycles. The molecule has 0 amide bonds. The van der Waals surface area contributed by atoms with Crippen LogP contribution in [0.25, 0.3) is 0 Å². The smallest absolute Gasteiger partial charge is 0.344 e. The van der Waals surface area contributed by atoms with Crippen LogP contribution in [0.3, 0.4) is 0 Å². The van der Waals surface area contributed by atoms with Gasteiger partial charge in [0, 0.05) is 0 Å². The zero-order valence-electron chi connectivity index (χ0n) is 15.3. The second kappa shape index (κ2) is 7.86. The van der Waals surface area contributed by atoms with E-state index >= 15 is 0 Å².